The number of Topliss-reactive ketones (excluding diaryl/α,β-unsaturated/α-hetero) is 1. The van der Waals surface area contributed by atoms with Gasteiger partial charge in [-0.25, -0.2) is 0 Å². The topological polar surface area (TPSA) is 94.8 Å². The number of hydrogen-bond donors (Lipinski definition) is 3. The van der Waals surface area contributed by atoms with Gasteiger partial charge in [0.2, 0.25) is 0 Å². The molecular formula is C22H36O5. The lowest BCUT2D eigenvalue weighted by Crippen LogP contribution is -2.29. The van der Waals surface area contributed by atoms with Gasteiger partial charge in [0.25, 0.3) is 0 Å². The summed E-state index contributed by atoms with van der Waals surface area (Å²) in [5.41, 5.74) is 0. The molecule has 1 fully saturated rings. The number of allylic oxidation sites excluding steroid dienone is 4. The lowest BCUT2D eigenvalue weighted by atomic mass is 9.90. The van der Waals surface area contributed by atoms with E-state index < -0.39 is 18.2 Å². The SMILES string of the molecule is CCCCCCC=C[C@H]1CCC(=O)[C@@H]1CC=CC(C)CC(C(=O)O)C(O)O. The van der Waals surface area contributed by atoms with Crippen molar-refractivity contribution in [1.29, 1.82) is 0 Å². The van der Waals surface area contributed by atoms with Crippen LogP contribution in [0, 0.1) is 23.7 Å². The summed E-state index contributed by atoms with van der Waals surface area (Å²) >= 11 is 0. The van der Waals surface area contributed by atoms with Gasteiger partial charge in [-0.1, -0.05) is 57.4 Å². The van der Waals surface area contributed by atoms with Crippen LogP contribution in [-0.2, 0) is 9.59 Å². The van der Waals surface area contributed by atoms with Crippen LogP contribution in [-0.4, -0.2) is 33.4 Å². The molecular weight excluding hydrogens is 344 g/mol. The van der Waals surface area contributed by atoms with Crippen molar-refractivity contribution in [2.45, 2.75) is 77.9 Å². The summed E-state index contributed by atoms with van der Waals surface area (Å²) < 4.78 is 0. The highest BCUT2D eigenvalue weighted by Crippen LogP contribution is 2.33. The molecule has 154 valence electrons. The van der Waals surface area contributed by atoms with Gasteiger partial charge in [0, 0.05) is 12.3 Å². The van der Waals surface area contributed by atoms with E-state index in [9.17, 15) is 9.59 Å². The van der Waals surface area contributed by atoms with Crippen LogP contribution in [0.2, 0.25) is 0 Å². The predicted octanol–water partition coefficient (Wildman–Crippen LogP) is 4.09. The first-order valence-corrected chi connectivity index (χ1v) is 10.3. The second-order valence-corrected chi connectivity index (χ2v) is 7.79. The molecule has 0 saturated heterocycles. The van der Waals surface area contributed by atoms with E-state index in [1.54, 1.807) is 0 Å². The molecule has 1 aliphatic rings. The lowest BCUT2D eigenvalue weighted by Gasteiger charge is -2.17. The van der Waals surface area contributed by atoms with Crippen molar-refractivity contribution in [2.75, 3.05) is 0 Å². The summed E-state index contributed by atoms with van der Waals surface area (Å²) in [6.07, 6.45) is 14.8. The molecule has 0 spiro atoms. The highest BCUT2D eigenvalue weighted by Gasteiger charge is 2.32. The van der Waals surface area contributed by atoms with Gasteiger partial charge < -0.3 is 15.3 Å². The maximum absolute atomic E-state index is 12.2. The Labute approximate surface area is 163 Å². The van der Waals surface area contributed by atoms with Crippen molar-refractivity contribution in [1.82, 2.24) is 0 Å². The van der Waals surface area contributed by atoms with Crippen molar-refractivity contribution in [3.8, 4) is 0 Å². The van der Waals surface area contributed by atoms with Crippen molar-refractivity contribution in [2.24, 2.45) is 23.7 Å². The average molecular weight is 381 g/mol. The molecule has 2 unspecified atom stereocenters. The third-order valence-corrected chi connectivity index (χ3v) is 5.42. The number of carbonyl (C=O) groups excluding carboxylic acids is 1. The molecule has 1 rings (SSSR count). The molecule has 27 heavy (non-hydrogen) atoms. The van der Waals surface area contributed by atoms with Gasteiger partial charge in [0.15, 0.2) is 6.29 Å². The fourth-order valence-corrected chi connectivity index (χ4v) is 3.72. The molecule has 5 nitrogen and oxygen atoms in total. The Balaban J connectivity index is 2.47. The van der Waals surface area contributed by atoms with E-state index in [-0.39, 0.29) is 18.3 Å². The maximum atomic E-state index is 12.2. The molecule has 5 heteroatoms. The Bertz CT molecular complexity index is 509. The van der Waals surface area contributed by atoms with Crippen molar-refractivity contribution in [3.05, 3.63) is 24.3 Å². The van der Waals surface area contributed by atoms with E-state index >= 15 is 0 Å². The molecule has 0 bridgehead atoms. The number of rotatable bonds is 13. The maximum Gasteiger partial charge on any atom is 0.311 e. The first-order valence-electron chi connectivity index (χ1n) is 10.3. The number of aliphatic carboxylic acids is 1. The number of aliphatic hydroxyl groups is 2. The molecule has 0 amide bonds. The van der Waals surface area contributed by atoms with E-state index in [2.05, 4.69) is 19.1 Å². The van der Waals surface area contributed by atoms with Gasteiger partial charge >= 0.3 is 5.97 Å². The molecule has 0 radical (unpaired) electrons. The van der Waals surface area contributed by atoms with Gasteiger partial charge in [0.05, 0.1) is 0 Å². The van der Waals surface area contributed by atoms with Crippen LogP contribution in [0.3, 0.4) is 0 Å². The van der Waals surface area contributed by atoms with Crippen LogP contribution >= 0.6 is 0 Å². The lowest BCUT2D eigenvalue weighted by molar-refractivity contribution is -0.159. The van der Waals surface area contributed by atoms with E-state index in [1.165, 1.54) is 25.7 Å². The summed E-state index contributed by atoms with van der Waals surface area (Å²) in [6, 6.07) is 0. The molecule has 0 aromatic rings. The zero-order valence-electron chi connectivity index (χ0n) is 16.7. The molecule has 1 aliphatic carbocycles. The molecule has 0 aromatic carbocycles. The summed E-state index contributed by atoms with van der Waals surface area (Å²) in [4.78, 5) is 23.2. The summed E-state index contributed by atoms with van der Waals surface area (Å²) in [5, 5.41) is 27.3. The third-order valence-electron chi connectivity index (χ3n) is 5.42. The summed E-state index contributed by atoms with van der Waals surface area (Å²) in [5.74, 6) is -1.88. The number of carbonyl (C=O) groups is 2. The zero-order valence-corrected chi connectivity index (χ0v) is 16.7. The van der Waals surface area contributed by atoms with Crippen molar-refractivity contribution < 1.29 is 24.9 Å². The smallest absolute Gasteiger partial charge is 0.311 e. The van der Waals surface area contributed by atoms with Gasteiger partial charge in [-0.3, -0.25) is 9.59 Å². The Hall–Kier alpha value is -1.46. The Morgan fingerprint density at radius 3 is 2.59 bits per heavy atom. The number of hydrogen-bond acceptors (Lipinski definition) is 4. The second-order valence-electron chi connectivity index (χ2n) is 7.79. The number of carboxylic acids is 1. The predicted molar refractivity (Wildman–Crippen MR) is 106 cm³/mol. The van der Waals surface area contributed by atoms with Gasteiger partial charge in [-0.15, -0.1) is 0 Å². The normalized spacial score (nSPS) is 22.9. The fraction of sp³-hybridized carbons (Fsp3) is 0.727. The molecule has 0 aliphatic heterocycles. The highest BCUT2D eigenvalue weighted by molar-refractivity contribution is 5.83. The first kappa shape index (κ1) is 23.6. The van der Waals surface area contributed by atoms with Crippen LogP contribution in [0.1, 0.15) is 71.6 Å². The van der Waals surface area contributed by atoms with Crippen LogP contribution < -0.4 is 0 Å². The number of carboxylic acid groups (broad SMARTS) is 1. The van der Waals surface area contributed by atoms with Crippen LogP contribution in [0.4, 0.5) is 0 Å². The van der Waals surface area contributed by atoms with Gasteiger partial charge in [-0.2, -0.15) is 0 Å². The average Bonchev–Trinajstić information content (AvgIpc) is 2.95. The van der Waals surface area contributed by atoms with Crippen LogP contribution in [0.5, 0.6) is 0 Å². The van der Waals surface area contributed by atoms with Crippen molar-refractivity contribution in [3.63, 3.8) is 0 Å². The van der Waals surface area contributed by atoms with E-state index in [4.69, 9.17) is 15.3 Å². The first-order chi connectivity index (χ1) is 12.9. The highest BCUT2D eigenvalue weighted by atomic mass is 16.5. The minimum Gasteiger partial charge on any atom is -0.481 e. The standard InChI is InChI=1S/C22H36O5/c1-3-4-5-6-7-8-11-17-13-14-20(23)18(17)12-9-10-16(2)15-19(21(24)25)22(26)27/h8-11,16-19,21,24-25H,3-7,12-15H2,1-2H3,(H,26,27)/t16?,17-,18+,19?/m0/s1. The summed E-state index contributed by atoms with van der Waals surface area (Å²) in [7, 11) is 0. The molecule has 1 saturated carbocycles. The summed E-state index contributed by atoms with van der Waals surface area (Å²) in [6.45, 7) is 4.05. The number of ketones is 1. The van der Waals surface area contributed by atoms with Crippen molar-refractivity contribution >= 4 is 11.8 Å². The van der Waals surface area contributed by atoms with Gasteiger partial charge in [0.1, 0.15) is 11.7 Å². The number of aliphatic hydroxyl groups excluding tert-OH is 1. The van der Waals surface area contributed by atoms with E-state index in [1.807, 2.05) is 19.1 Å². The molecule has 3 N–H and O–H groups in total. The largest absolute Gasteiger partial charge is 0.481 e. The Morgan fingerprint density at radius 2 is 1.96 bits per heavy atom. The minimum absolute atomic E-state index is 0.0130. The fourth-order valence-electron chi connectivity index (χ4n) is 3.72. The molecule has 0 aromatic heterocycles. The molecule has 4 atom stereocenters. The Kier molecular flexibility index (Phi) is 11.2. The second kappa shape index (κ2) is 12.8. The molecule has 0 heterocycles. The monoisotopic (exact) mass is 380 g/mol. The van der Waals surface area contributed by atoms with Gasteiger partial charge in [-0.05, 0) is 43.9 Å². The van der Waals surface area contributed by atoms with Crippen LogP contribution in [0.15, 0.2) is 24.3 Å². The minimum atomic E-state index is -1.86. The zero-order chi connectivity index (χ0) is 20.2. The number of unbranched alkanes of at least 4 members (excludes halogenated alkanes) is 4. The quantitative estimate of drug-likeness (QED) is 0.254. The Morgan fingerprint density at radius 1 is 1.22 bits per heavy atom. The van der Waals surface area contributed by atoms with E-state index in [0.29, 0.717) is 24.5 Å². The van der Waals surface area contributed by atoms with E-state index in [0.717, 1.165) is 12.8 Å². The van der Waals surface area contributed by atoms with Crippen LogP contribution in [0.25, 0.3) is 0 Å². The third kappa shape index (κ3) is 8.85.